The first-order chi connectivity index (χ1) is 22.0. The fourth-order valence-corrected chi connectivity index (χ4v) is 9.39. The van der Waals surface area contributed by atoms with Crippen molar-refractivity contribution in [2.24, 2.45) is 5.92 Å². The monoisotopic (exact) mass is 672 g/mol. The van der Waals surface area contributed by atoms with Gasteiger partial charge in [0, 0.05) is 36.4 Å². The Labute approximate surface area is 270 Å². The van der Waals surface area contributed by atoms with Crippen LogP contribution in [0, 0.1) is 28.9 Å². The number of nitrogen functional groups attached to an aromatic ring is 1. The molecular formula is C32H29ClF4N6O2S. The fraction of sp³-hybridized carbons (Fsp3) is 0.469. The zero-order valence-electron chi connectivity index (χ0n) is 24.8. The lowest BCUT2D eigenvalue weighted by atomic mass is 9.92. The number of anilines is 2. The third-order valence-corrected chi connectivity index (χ3v) is 11.3. The molecule has 240 valence electrons. The summed E-state index contributed by atoms with van der Waals surface area (Å²) in [5.74, 6) is -3.95. The Bertz CT molecular complexity index is 1980. The van der Waals surface area contributed by atoms with Gasteiger partial charge < -0.3 is 20.1 Å². The summed E-state index contributed by atoms with van der Waals surface area (Å²) < 4.78 is 74.2. The summed E-state index contributed by atoms with van der Waals surface area (Å²) in [6, 6.07) is 3.74. The second-order valence-electron chi connectivity index (χ2n) is 13.0. The van der Waals surface area contributed by atoms with E-state index in [2.05, 4.69) is 21.8 Å². The van der Waals surface area contributed by atoms with E-state index in [1.165, 1.54) is 11.0 Å². The first-order valence-electron chi connectivity index (χ1n) is 15.3. The van der Waals surface area contributed by atoms with E-state index in [9.17, 15) is 18.4 Å². The summed E-state index contributed by atoms with van der Waals surface area (Å²) in [5, 5.41) is 9.96. The van der Waals surface area contributed by atoms with E-state index in [0.29, 0.717) is 5.92 Å². The van der Waals surface area contributed by atoms with E-state index in [1.54, 1.807) is 0 Å². The lowest BCUT2D eigenvalue weighted by Gasteiger charge is -2.32. The van der Waals surface area contributed by atoms with Crippen LogP contribution in [0.5, 0.6) is 11.8 Å². The Morgan fingerprint density at radius 2 is 2.07 bits per heavy atom. The van der Waals surface area contributed by atoms with Gasteiger partial charge in [0.05, 0.1) is 39.4 Å². The minimum Gasteiger partial charge on any atom is -0.491 e. The number of thiophene rings is 1. The highest BCUT2D eigenvalue weighted by molar-refractivity contribution is 7.23. The highest BCUT2D eigenvalue weighted by Crippen LogP contribution is 2.52. The Kier molecular flexibility index (Phi) is 6.77. The molecule has 4 aliphatic rings. The largest absolute Gasteiger partial charge is 0.491 e. The molecule has 46 heavy (non-hydrogen) atoms. The molecule has 2 unspecified atom stereocenters. The van der Waals surface area contributed by atoms with Crippen molar-refractivity contribution >= 4 is 54.7 Å². The number of benzene rings is 2. The molecule has 0 bridgehead atoms. The summed E-state index contributed by atoms with van der Waals surface area (Å²) in [4.78, 5) is 13.1. The number of nitriles is 1. The number of rotatable bonds is 4. The van der Waals surface area contributed by atoms with Gasteiger partial charge in [-0.3, -0.25) is 4.90 Å². The molecule has 0 saturated carbocycles. The molecule has 3 saturated heterocycles. The Morgan fingerprint density at radius 3 is 2.87 bits per heavy atom. The SMILES string of the molecule is C[C@H]1CN2CCCC2(COc2nc3c4c(c(Cl)c(-c5ccc(F)c6sc(N)c(C#N)c56)c(F)c4n2)OCCC2CC(F)(F)CN32)C1. The maximum absolute atomic E-state index is 17.1. The number of hydrogen-bond donors (Lipinski definition) is 1. The molecule has 6 heterocycles. The quantitative estimate of drug-likeness (QED) is 0.228. The van der Waals surface area contributed by atoms with Gasteiger partial charge in [0.1, 0.15) is 34.8 Å². The second kappa shape index (κ2) is 10.5. The Hall–Kier alpha value is -3.60. The zero-order chi connectivity index (χ0) is 32.1. The van der Waals surface area contributed by atoms with Gasteiger partial charge >= 0.3 is 6.01 Å². The molecule has 2 aromatic carbocycles. The molecule has 0 amide bonds. The molecular weight excluding hydrogens is 644 g/mol. The maximum atomic E-state index is 17.1. The van der Waals surface area contributed by atoms with Crippen LogP contribution < -0.4 is 20.1 Å². The number of ether oxygens (including phenoxy) is 2. The number of alkyl halides is 2. The fourth-order valence-electron chi connectivity index (χ4n) is 8.11. The van der Waals surface area contributed by atoms with Gasteiger partial charge in [-0.05, 0) is 43.4 Å². The number of hydrogen-bond acceptors (Lipinski definition) is 9. The zero-order valence-corrected chi connectivity index (χ0v) is 26.4. The highest BCUT2D eigenvalue weighted by atomic mass is 35.5. The third kappa shape index (κ3) is 4.40. The van der Waals surface area contributed by atoms with Crippen LogP contribution in [0.1, 0.15) is 44.6 Å². The van der Waals surface area contributed by atoms with Crippen LogP contribution in [0.3, 0.4) is 0 Å². The molecule has 0 aliphatic carbocycles. The van der Waals surface area contributed by atoms with Crippen molar-refractivity contribution in [1.82, 2.24) is 14.9 Å². The molecule has 14 heteroatoms. The van der Waals surface area contributed by atoms with E-state index < -0.39 is 36.6 Å². The van der Waals surface area contributed by atoms with E-state index in [0.717, 1.165) is 49.8 Å². The normalized spacial score (nSPS) is 25.3. The van der Waals surface area contributed by atoms with Gasteiger partial charge in [0.2, 0.25) is 0 Å². The Morgan fingerprint density at radius 1 is 1.24 bits per heavy atom. The van der Waals surface area contributed by atoms with Crippen molar-refractivity contribution in [3.05, 3.63) is 34.4 Å². The van der Waals surface area contributed by atoms with Crippen molar-refractivity contribution in [2.75, 3.05) is 43.5 Å². The number of aromatic nitrogens is 2. The number of halogens is 5. The maximum Gasteiger partial charge on any atom is 0.319 e. The third-order valence-electron chi connectivity index (χ3n) is 9.96. The van der Waals surface area contributed by atoms with Crippen LogP contribution in [0.2, 0.25) is 5.02 Å². The molecule has 2 aromatic heterocycles. The number of nitrogens with zero attached hydrogens (tertiary/aromatic N) is 5. The average molecular weight is 673 g/mol. The predicted octanol–water partition coefficient (Wildman–Crippen LogP) is 7.15. The van der Waals surface area contributed by atoms with E-state index in [-0.39, 0.29) is 90.5 Å². The van der Waals surface area contributed by atoms with Crippen molar-refractivity contribution in [1.29, 1.82) is 5.26 Å². The Balaban J connectivity index is 1.36. The summed E-state index contributed by atoms with van der Waals surface area (Å²) in [6.07, 6.45) is 2.75. The van der Waals surface area contributed by atoms with Gasteiger partial charge in [-0.15, -0.1) is 11.3 Å². The van der Waals surface area contributed by atoms with Crippen LogP contribution in [0.15, 0.2) is 12.1 Å². The minimum atomic E-state index is -2.99. The second-order valence-corrected chi connectivity index (χ2v) is 14.4. The van der Waals surface area contributed by atoms with Gasteiger partial charge in [0.25, 0.3) is 5.92 Å². The van der Waals surface area contributed by atoms with Crippen molar-refractivity contribution < 1.29 is 27.0 Å². The van der Waals surface area contributed by atoms with Crippen LogP contribution in [-0.4, -0.2) is 65.2 Å². The minimum absolute atomic E-state index is 0.00523. The summed E-state index contributed by atoms with van der Waals surface area (Å²) in [7, 11) is 0. The molecule has 4 aromatic rings. The van der Waals surface area contributed by atoms with Crippen LogP contribution in [-0.2, 0) is 0 Å². The molecule has 3 fully saturated rings. The van der Waals surface area contributed by atoms with Crippen molar-refractivity contribution in [3.8, 4) is 29.0 Å². The predicted molar refractivity (Wildman–Crippen MR) is 168 cm³/mol. The highest BCUT2D eigenvalue weighted by Gasteiger charge is 2.49. The van der Waals surface area contributed by atoms with Crippen molar-refractivity contribution in [2.45, 2.75) is 56.5 Å². The molecule has 0 spiro atoms. The number of nitrogens with two attached hydrogens (primary N) is 1. The van der Waals surface area contributed by atoms with Gasteiger partial charge in [-0.25, -0.2) is 17.6 Å². The van der Waals surface area contributed by atoms with Crippen molar-refractivity contribution in [3.63, 3.8) is 0 Å². The summed E-state index contributed by atoms with van der Waals surface area (Å²) >= 11 is 7.81. The topological polar surface area (TPSA) is 101 Å². The van der Waals surface area contributed by atoms with E-state index in [1.807, 2.05) is 6.07 Å². The van der Waals surface area contributed by atoms with Gasteiger partial charge in [0.15, 0.2) is 11.6 Å². The first-order valence-corrected chi connectivity index (χ1v) is 16.5. The molecule has 4 aliphatic heterocycles. The molecule has 0 radical (unpaired) electrons. The molecule has 8 rings (SSSR count). The van der Waals surface area contributed by atoms with Crippen LogP contribution >= 0.6 is 22.9 Å². The lowest BCUT2D eigenvalue weighted by molar-refractivity contribution is 0.0217. The standard InChI is InChI=1S/C32H29ClF4N6O2S/c1-15-9-31(6-2-7-42(31)12-15)14-45-30-40-25-22-26(44-8-5-16-10-32(36,37)13-43(16)29(22)41-30)23(33)21(24(25)35)17-3-4-19(34)27-20(17)18(11-38)28(39)46-27/h3-4,15-16H,2,5-10,12-14,39H2,1H3/t15-,16?,31?/m1/s1. The molecule has 2 N–H and O–H groups in total. The summed E-state index contributed by atoms with van der Waals surface area (Å²) in [6.45, 7) is 3.80. The lowest BCUT2D eigenvalue weighted by Crippen LogP contribution is -2.43. The molecule has 3 atom stereocenters. The smallest absolute Gasteiger partial charge is 0.319 e. The van der Waals surface area contributed by atoms with Gasteiger partial charge in [-0.1, -0.05) is 24.6 Å². The number of fused-ring (bicyclic) bond motifs is 4. The average Bonchev–Trinajstić information content (AvgIpc) is 3.72. The van der Waals surface area contributed by atoms with Gasteiger partial charge in [-0.2, -0.15) is 15.2 Å². The van der Waals surface area contributed by atoms with E-state index >= 15 is 4.39 Å². The first kappa shape index (κ1) is 29.8. The summed E-state index contributed by atoms with van der Waals surface area (Å²) in [5.41, 5.74) is 5.58. The van der Waals surface area contributed by atoms with Crippen LogP contribution in [0.25, 0.3) is 32.1 Å². The van der Waals surface area contributed by atoms with Crippen LogP contribution in [0.4, 0.5) is 28.4 Å². The molecule has 8 nitrogen and oxygen atoms in total. The van der Waals surface area contributed by atoms with E-state index in [4.69, 9.17) is 26.8 Å².